The van der Waals surface area contributed by atoms with Crippen LogP contribution >= 0.6 is 22.6 Å². The monoisotopic (exact) mass is 316 g/mol. The van der Waals surface area contributed by atoms with Crippen molar-refractivity contribution in [3.8, 4) is 0 Å². The van der Waals surface area contributed by atoms with E-state index in [1.165, 1.54) is 34.9 Å². The van der Waals surface area contributed by atoms with Crippen molar-refractivity contribution in [2.75, 3.05) is 17.6 Å². The third-order valence-corrected chi connectivity index (χ3v) is 3.98. The van der Waals surface area contributed by atoms with Crippen LogP contribution in [0.2, 0.25) is 0 Å². The minimum atomic E-state index is 0.837. The Labute approximate surface area is 105 Å². The first-order valence-corrected chi connectivity index (χ1v) is 6.62. The number of hydrogen-bond donors (Lipinski definition) is 2. The minimum absolute atomic E-state index is 0.837. The van der Waals surface area contributed by atoms with Crippen LogP contribution in [-0.4, -0.2) is 6.54 Å². The molecule has 0 unspecified atom stereocenters. The van der Waals surface area contributed by atoms with Gasteiger partial charge in [0.2, 0.25) is 0 Å². The fourth-order valence-corrected chi connectivity index (χ4v) is 2.60. The number of nitrogens with two attached hydrogens (primary N) is 1. The van der Waals surface area contributed by atoms with E-state index in [0.29, 0.717) is 0 Å². The molecule has 2 nitrogen and oxygen atoms in total. The van der Waals surface area contributed by atoms with Gasteiger partial charge in [-0.05, 0) is 53.1 Å². The van der Waals surface area contributed by atoms with Gasteiger partial charge in [0.15, 0.2) is 0 Å². The molecule has 0 spiro atoms. The van der Waals surface area contributed by atoms with E-state index in [9.17, 15) is 0 Å². The van der Waals surface area contributed by atoms with Crippen molar-refractivity contribution < 1.29 is 0 Å². The van der Waals surface area contributed by atoms with E-state index in [4.69, 9.17) is 5.73 Å². The average Bonchev–Trinajstić information content (AvgIpc) is 2.12. The number of hydrogen-bond acceptors (Lipinski definition) is 2. The fraction of sp³-hybridized carbons (Fsp3) is 0.500. The zero-order chi connectivity index (χ0) is 10.7. The van der Waals surface area contributed by atoms with Gasteiger partial charge in [-0.1, -0.05) is 19.3 Å². The number of anilines is 2. The third-order valence-electron chi connectivity index (χ3n) is 3.09. The summed E-state index contributed by atoms with van der Waals surface area (Å²) < 4.78 is 1.21. The Morgan fingerprint density at radius 2 is 2.20 bits per heavy atom. The van der Waals surface area contributed by atoms with Crippen LogP contribution in [0.15, 0.2) is 18.2 Å². The third kappa shape index (κ3) is 3.00. The summed E-state index contributed by atoms with van der Waals surface area (Å²) in [6.45, 7) is 1.09. The number of nitrogen functional groups attached to an aromatic ring is 1. The number of benzene rings is 1. The zero-order valence-corrected chi connectivity index (χ0v) is 11.0. The van der Waals surface area contributed by atoms with Crippen LogP contribution in [0, 0.1) is 9.49 Å². The van der Waals surface area contributed by atoms with Gasteiger partial charge < -0.3 is 11.1 Å². The number of nitrogens with one attached hydrogen (secondary N) is 1. The van der Waals surface area contributed by atoms with Gasteiger partial charge in [-0.15, -0.1) is 0 Å². The van der Waals surface area contributed by atoms with Crippen molar-refractivity contribution in [3.63, 3.8) is 0 Å². The van der Waals surface area contributed by atoms with E-state index in [1.54, 1.807) is 0 Å². The first kappa shape index (κ1) is 11.0. The molecule has 82 valence electrons. The Kier molecular flexibility index (Phi) is 3.72. The molecule has 3 N–H and O–H groups in total. The van der Waals surface area contributed by atoms with Crippen molar-refractivity contribution in [3.05, 3.63) is 21.8 Å². The maximum atomic E-state index is 5.70. The molecule has 1 aliphatic rings. The largest absolute Gasteiger partial charge is 0.399 e. The van der Waals surface area contributed by atoms with Gasteiger partial charge in [0.1, 0.15) is 0 Å². The molecular weight excluding hydrogens is 299 g/mol. The summed E-state index contributed by atoms with van der Waals surface area (Å²) in [6.07, 6.45) is 5.60. The second kappa shape index (κ2) is 5.05. The molecule has 0 bridgehead atoms. The van der Waals surface area contributed by atoms with Crippen LogP contribution in [0.25, 0.3) is 0 Å². The molecule has 1 aromatic carbocycles. The molecule has 0 atom stereocenters. The quantitative estimate of drug-likeness (QED) is 0.659. The highest BCUT2D eigenvalue weighted by atomic mass is 127. The van der Waals surface area contributed by atoms with Crippen LogP contribution in [0.1, 0.15) is 25.7 Å². The van der Waals surface area contributed by atoms with Gasteiger partial charge in [-0.25, -0.2) is 0 Å². The van der Waals surface area contributed by atoms with Crippen molar-refractivity contribution >= 4 is 34.0 Å². The Morgan fingerprint density at radius 1 is 1.40 bits per heavy atom. The van der Waals surface area contributed by atoms with E-state index in [0.717, 1.165) is 18.2 Å². The molecule has 1 aliphatic carbocycles. The van der Waals surface area contributed by atoms with Gasteiger partial charge >= 0.3 is 0 Å². The summed E-state index contributed by atoms with van der Waals surface area (Å²) in [5.74, 6) is 0.976. The molecule has 15 heavy (non-hydrogen) atoms. The summed E-state index contributed by atoms with van der Waals surface area (Å²) in [4.78, 5) is 0. The van der Waals surface area contributed by atoms with Crippen LogP contribution in [0.4, 0.5) is 11.4 Å². The second-order valence-corrected chi connectivity index (χ2v) is 5.41. The van der Waals surface area contributed by atoms with E-state index in [2.05, 4.69) is 34.0 Å². The molecule has 3 heteroatoms. The fourth-order valence-electron chi connectivity index (χ4n) is 1.87. The van der Waals surface area contributed by atoms with Crippen LogP contribution < -0.4 is 11.1 Å². The molecule has 2 rings (SSSR count). The zero-order valence-electron chi connectivity index (χ0n) is 8.80. The van der Waals surface area contributed by atoms with Gasteiger partial charge in [0.25, 0.3) is 0 Å². The molecule has 0 radical (unpaired) electrons. The molecule has 1 saturated carbocycles. The lowest BCUT2D eigenvalue weighted by Crippen LogP contribution is -2.15. The van der Waals surface area contributed by atoms with Crippen molar-refractivity contribution in [2.45, 2.75) is 25.7 Å². The molecular formula is C12H17IN2. The topological polar surface area (TPSA) is 38.0 Å². The Bertz CT molecular complexity index is 334. The Hall–Kier alpha value is -0.450. The maximum Gasteiger partial charge on any atom is 0.0477 e. The van der Waals surface area contributed by atoms with Gasteiger partial charge in [0.05, 0.1) is 0 Å². The summed E-state index contributed by atoms with van der Waals surface area (Å²) in [7, 11) is 0. The van der Waals surface area contributed by atoms with E-state index >= 15 is 0 Å². The van der Waals surface area contributed by atoms with Gasteiger partial charge in [-0.3, -0.25) is 0 Å². The first-order valence-electron chi connectivity index (χ1n) is 5.54. The second-order valence-electron chi connectivity index (χ2n) is 4.25. The van der Waals surface area contributed by atoms with Crippen molar-refractivity contribution in [2.24, 2.45) is 5.92 Å². The van der Waals surface area contributed by atoms with Crippen LogP contribution in [0.3, 0.4) is 0 Å². The van der Waals surface area contributed by atoms with E-state index in [1.807, 2.05) is 12.1 Å². The predicted molar refractivity (Wildman–Crippen MR) is 74.0 cm³/mol. The SMILES string of the molecule is Nc1ccc(NCCC2CCC2)c(I)c1. The van der Waals surface area contributed by atoms with Crippen LogP contribution in [-0.2, 0) is 0 Å². The predicted octanol–water partition coefficient (Wildman–Crippen LogP) is 3.48. The molecule has 0 saturated heterocycles. The normalized spacial score (nSPS) is 16.1. The highest BCUT2D eigenvalue weighted by molar-refractivity contribution is 14.1. The summed E-state index contributed by atoms with van der Waals surface area (Å²) >= 11 is 2.32. The molecule has 0 heterocycles. The molecule has 0 aliphatic heterocycles. The van der Waals surface area contributed by atoms with Crippen LogP contribution in [0.5, 0.6) is 0 Å². The van der Waals surface area contributed by atoms with Crippen molar-refractivity contribution in [1.82, 2.24) is 0 Å². The van der Waals surface area contributed by atoms with E-state index in [-0.39, 0.29) is 0 Å². The molecule has 0 amide bonds. The van der Waals surface area contributed by atoms with Gasteiger partial charge in [-0.2, -0.15) is 0 Å². The lowest BCUT2D eigenvalue weighted by Gasteiger charge is -2.25. The lowest BCUT2D eigenvalue weighted by atomic mass is 9.83. The Morgan fingerprint density at radius 3 is 2.80 bits per heavy atom. The lowest BCUT2D eigenvalue weighted by molar-refractivity contribution is 0.303. The smallest absolute Gasteiger partial charge is 0.0477 e. The van der Waals surface area contributed by atoms with E-state index < -0.39 is 0 Å². The summed E-state index contributed by atoms with van der Waals surface area (Å²) in [5, 5.41) is 3.48. The first-order chi connectivity index (χ1) is 7.25. The number of halogens is 1. The maximum absolute atomic E-state index is 5.70. The highest BCUT2D eigenvalue weighted by Crippen LogP contribution is 2.29. The average molecular weight is 316 g/mol. The summed E-state index contributed by atoms with van der Waals surface area (Å²) in [6, 6.07) is 6.03. The molecule has 0 aromatic heterocycles. The minimum Gasteiger partial charge on any atom is -0.399 e. The van der Waals surface area contributed by atoms with Crippen molar-refractivity contribution in [1.29, 1.82) is 0 Å². The summed E-state index contributed by atoms with van der Waals surface area (Å²) in [5.41, 5.74) is 7.75. The molecule has 1 fully saturated rings. The van der Waals surface area contributed by atoms with Gasteiger partial charge in [0, 0.05) is 21.5 Å². The number of rotatable bonds is 4. The Balaban J connectivity index is 1.81. The molecule has 1 aromatic rings. The standard InChI is InChI=1S/C12H17IN2/c13-11-8-10(14)4-5-12(11)15-7-6-9-2-1-3-9/h4-5,8-9,15H,1-3,6-7,14H2. The highest BCUT2D eigenvalue weighted by Gasteiger charge is 2.16.